The van der Waals surface area contributed by atoms with E-state index in [4.69, 9.17) is 4.74 Å². The zero-order valence-electron chi connectivity index (χ0n) is 15.4. The van der Waals surface area contributed by atoms with Crippen molar-refractivity contribution in [3.05, 3.63) is 12.2 Å². The Morgan fingerprint density at radius 1 is 1.33 bits per heavy atom. The highest BCUT2D eigenvalue weighted by Crippen LogP contribution is 2.49. The summed E-state index contributed by atoms with van der Waals surface area (Å²) in [6.45, 7) is 12.4. The fraction of sp³-hybridized carbons (Fsp3) is 0.833. The van der Waals surface area contributed by atoms with Crippen LogP contribution in [0.25, 0.3) is 0 Å². The molecular weight excluding hydrogens is 304 g/mol. The third-order valence-electron chi connectivity index (χ3n) is 5.46. The van der Waals surface area contributed by atoms with Gasteiger partial charge in [-0.15, -0.1) is 10.2 Å². The Kier molecular flexibility index (Phi) is 4.95. The zero-order valence-corrected chi connectivity index (χ0v) is 15.4. The molecular formula is C18H30N4O2. The van der Waals surface area contributed by atoms with Gasteiger partial charge in [-0.3, -0.25) is 4.79 Å². The second kappa shape index (κ2) is 6.82. The van der Waals surface area contributed by atoms with Crippen molar-refractivity contribution >= 4 is 5.91 Å². The van der Waals surface area contributed by atoms with Gasteiger partial charge >= 0.3 is 0 Å². The van der Waals surface area contributed by atoms with Gasteiger partial charge in [-0.1, -0.05) is 27.7 Å². The monoisotopic (exact) mass is 334 g/mol. The highest BCUT2D eigenvalue weighted by Gasteiger charge is 2.51. The van der Waals surface area contributed by atoms with Gasteiger partial charge in [-0.25, -0.2) is 0 Å². The van der Waals surface area contributed by atoms with E-state index in [1.807, 2.05) is 20.2 Å². The molecule has 3 heterocycles. The molecule has 1 aromatic heterocycles. The molecule has 1 atom stereocenters. The molecule has 2 aliphatic rings. The van der Waals surface area contributed by atoms with E-state index < -0.39 is 0 Å². The maximum atomic E-state index is 12.6. The number of ether oxygens (including phenoxy) is 1. The first-order valence-electron chi connectivity index (χ1n) is 9.17. The number of aromatic nitrogens is 3. The van der Waals surface area contributed by atoms with Crippen LogP contribution in [-0.2, 0) is 16.1 Å². The van der Waals surface area contributed by atoms with Gasteiger partial charge in [0.25, 0.3) is 0 Å². The summed E-state index contributed by atoms with van der Waals surface area (Å²) in [6.07, 6.45) is 3.83. The highest BCUT2D eigenvalue weighted by molar-refractivity contribution is 5.78. The Hall–Kier alpha value is -1.43. The Bertz CT molecular complexity index is 575. The maximum Gasteiger partial charge on any atom is 0.225 e. The van der Waals surface area contributed by atoms with Crippen molar-refractivity contribution in [2.24, 2.45) is 17.3 Å². The Morgan fingerprint density at radius 3 is 2.67 bits per heavy atom. The van der Waals surface area contributed by atoms with E-state index in [0.29, 0.717) is 5.92 Å². The summed E-state index contributed by atoms with van der Waals surface area (Å²) < 4.78 is 7.80. The van der Waals surface area contributed by atoms with E-state index in [1.165, 1.54) is 0 Å². The number of hydrogen-bond acceptors (Lipinski definition) is 4. The molecule has 24 heavy (non-hydrogen) atoms. The maximum absolute atomic E-state index is 12.6. The van der Waals surface area contributed by atoms with Crippen LogP contribution in [0, 0.1) is 17.3 Å². The summed E-state index contributed by atoms with van der Waals surface area (Å²) in [5.41, 5.74) is 0.0879. The average Bonchev–Trinajstić information content (AvgIpc) is 3.11. The molecule has 0 N–H and O–H groups in total. The van der Waals surface area contributed by atoms with E-state index in [-0.39, 0.29) is 23.2 Å². The van der Waals surface area contributed by atoms with E-state index >= 15 is 0 Å². The van der Waals surface area contributed by atoms with Crippen LogP contribution in [0.15, 0.2) is 6.33 Å². The standard InChI is InChI=1S/C18H30N4O2/c1-13(2)9-22-12-19-20-16(22)15-10-21(17(23)14(3)4)11-18(15)5-7-24-8-6-18/h12-15H,5-11H2,1-4H3. The van der Waals surface area contributed by atoms with Gasteiger partial charge in [0.2, 0.25) is 5.91 Å². The molecule has 1 unspecified atom stereocenters. The van der Waals surface area contributed by atoms with Crippen molar-refractivity contribution in [3.8, 4) is 0 Å². The first-order valence-corrected chi connectivity index (χ1v) is 9.17. The highest BCUT2D eigenvalue weighted by atomic mass is 16.5. The number of hydrogen-bond donors (Lipinski definition) is 0. The minimum Gasteiger partial charge on any atom is -0.381 e. The van der Waals surface area contributed by atoms with E-state index in [1.54, 1.807) is 0 Å². The second-order valence-corrected chi connectivity index (χ2v) is 8.14. The van der Waals surface area contributed by atoms with Crippen molar-refractivity contribution in [1.82, 2.24) is 19.7 Å². The van der Waals surface area contributed by atoms with Crippen molar-refractivity contribution in [3.63, 3.8) is 0 Å². The van der Waals surface area contributed by atoms with E-state index in [9.17, 15) is 4.79 Å². The smallest absolute Gasteiger partial charge is 0.225 e. The summed E-state index contributed by atoms with van der Waals surface area (Å²) in [5, 5.41) is 8.65. The third kappa shape index (κ3) is 3.21. The largest absolute Gasteiger partial charge is 0.381 e. The zero-order chi connectivity index (χ0) is 17.3. The predicted octanol–water partition coefficient (Wildman–Crippen LogP) is 2.31. The van der Waals surface area contributed by atoms with Crippen molar-refractivity contribution in [1.29, 1.82) is 0 Å². The number of likely N-dealkylation sites (tertiary alicyclic amines) is 1. The number of rotatable bonds is 4. The normalized spacial score (nSPS) is 23.6. The lowest BCUT2D eigenvalue weighted by Gasteiger charge is -2.37. The van der Waals surface area contributed by atoms with Crippen molar-refractivity contribution in [2.45, 2.75) is 53.0 Å². The Balaban J connectivity index is 1.91. The molecule has 1 aromatic rings. The van der Waals surface area contributed by atoms with Gasteiger partial charge in [-0.2, -0.15) is 0 Å². The van der Waals surface area contributed by atoms with Crippen LogP contribution in [-0.4, -0.2) is 51.9 Å². The van der Waals surface area contributed by atoms with Gasteiger partial charge < -0.3 is 14.2 Å². The molecule has 0 radical (unpaired) electrons. The minimum atomic E-state index is 0.0363. The van der Waals surface area contributed by atoms with Crippen molar-refractivity contribution in [2.75, 3.05) is 26.3 Å². The van der Waals surface area contributed by atoms with Gasteiger partial charge in [0.15, 0.2) is 0 Å². The van der Waals surface area contributed by atoms with Crippen molar-refractivity contribution < 1.29 is 9.53 Å². The molecule has 0 aromatic carbocycles. The fourth-order valence-electron chi connectivity index (χ4n) is 4.21. The SMILES string of the molecule is CC(C)Cn1cnnc1C1CN(C(=O)C(C)C)CC12CCOCC2. The predicted molar refractivity (Wildman–Crippen MR) is 91.5 cm³/mol. The molecule has 1 spiro atoms. The van der Waals surface area contributed by atoms with Crippen LogP contribution < -0.4 is 0 Å². The molecule has 0 saturated carbocycles. The second-order valence-electron chi connectivity index (χ2n) is 8.14. The Morgan fingerprint density at radius 2 is 2.04 bits per heavy atom. The lowest BCUT2D eigenvalue weighted by atomic mass is 9.71. The molecule has 1 amide bonds. The van der Waals surface area contributed by atoms with Crippen LogP contribution >= 0.6 is 0 Å². The first kappa shape index (κ1) is 17.4. The number of carbonyl (C=O) groups is 1. The summed E-state index contributed by atoms with van der Waals surface area (Å²) in [4.78, 5) is 14.7. The Labute approximate surface area is 144 Å². The fourth-order valence-corrected chi connectivity index (χ4v) is 4.21. The van der Waals surface area contributed by atoms with Gasteiger partial charge in [0.05, 0.1) is 0 Å². The molecule has 0 aliphatic carbocycles. The quantitative estimate of drug-likeness (QED) is 0.848. The number of amides is 1. The molecule has 6 nitrogen and oxygen atoms in total. The first-order chi connectivity index (χ1) is 11.4. The van der Waals surface area contributed by atoms with Crippen LogP contribution in [0.4, 0.5) is 0 Å². The molecule has 2 fully saturated rings. The number of carbonyl (C=O) groups excluding carboxylic acids is 1. The molecule has 2 aliphatic heterocycles. The third-order valence-corrected chi connectivity index (χ3v) is 5.46. The van der Waals surface area contributed by atoms with Gasteiger partial charge in [0.1, 0.15) is 12.2 Å². The lowest BCUT2D eigenvalue weighted by molar-refractivity contribution is -0.134. The van der Waals surface area contributed by atoms with Crippen LogP contribution in [0.2, 0.25) is 0 Å². The van der Waals surface area contributed by atoms with Crippen LogP contribution in [0.5, 0.6) is 0 Å². The molecule has 6 heteroatoms. The molecule has 0 bridgehead atoms. The van der Waals surface area contributed by atoms with Gasteiger partial charge in [-0.05, 0) is 18.8 Å². The summed E-state index contributed by atoms with van der Waals surface area (Å²) in [7, 11) is 0. The lowest BCUT2D eigenvalue weighted by Crippen LogP contribution is -2.38. The number of nitrogens with zero attached hydrogens (tertiary/aromatic N) is 4. The minimum absolute atomic E-state index is 0.0363. The van der Waals surface area contributed by atoms with Gasteiger partial charge in [0, 0.05) is 50.1 Å². The molecule has 2 saturated heterocycles. The van der Waals surface area contributed by atoms with Crippen LogP contribution in [0.3, 0.4) is 0 Å². The summed E-state index contributed by atoms with van der Waals surface area (Å²) in [5.74, 6) is 2.13. The topological polar surface area (TPSA) is 60.2 Å². The summed E-state index contributed by atoms with van der Waals surface area (Å²) in [6, 6.07) is 0. The molecule has 134 valence electrons. The summed E-state index contributed by atoms with van der Waals surface area (Å²) >= 11 is 0. The van der Waals surface area contributed by atoms with Crippen LogP contribution in [0.1, 0.15) is 52.3 Å². The molecule has 3 rings (SSSR count). The van der Waals surface area contributed by atoms with E-state index in [2.05, 4.69) is 33.5 Å². The van der Waals surface area contributed by atoms with E-state index in [0.717, 1.165) is 51.5 Å². The average molecular weight is 334 g/mol.